The summed E-state index contributed by atoms with van der Waals surface area (Å²) in [5.74, 6) is 0. The number of nitrogens with zero attached hydrogens (tertiary/aromatic N) is 1. The highest BCUT2D eigenvalue weighted by atomic mass is 16.5. The molecule has 0 amide bonds. The average molecular weight is 155 g/mol. The molecule has 1 aliphatic rings. The van der Waals surface area contributed by atoms with Crippen molar-refractivity contribution < 1.29 is 4.74 Å². The highest BCUT2D eigenvalue weighted by Gasteiger charge is 2.23. The minimum absolute atomic E-state index is 0.333. The van der Waals surface area contributed by atoms with Crippen LogP contribution in [0, 0.1) is 0 Å². The molecule has 0 aliphatic carbocycles. The first-order chi connectivity index (χ1) is 5.09. The first-order valence-corrected chi connectivity index (χ1v) is 4.14. The summed E-state index contributed by atoms with van der Waals surface area (Å²) in [6.45, 7) is 9.08. The molecule has 1 saturated heterocycles. The summed E-state index contributed by atoms with van der Waals surface area (Å²) in [4.78, 5) is 2.16. The van der Waals surface area contributed by atoms with Gasteiger partial charge in [-0.05, 0) is 13.8 Å². The van der Waals surface area contributed by atoms with Crippen molar-refractivity contribution in [2.45, 2.75) is 32.5 Å². The van der Waals surface area contributed by atoms with E-state index < -0.39 is 0 Å². The van der Waals surface area contributed by atoms with Gasteiger partial charge in [-0.3, -0.25) is 0 Å². The summed E-state index contributed by atoms with van der Waals surface area (Å²) in [5.41, 5.74) is 1.19. The minimum Gasteiger partial charge on any atom is -0.376 e. The van der Waals surface area contributed by atoms with Crippen LogP contribution in [0.25, 0.3) is 0 Å². The van der Waals surface area contributed by atoms with E-state index in [9.17, 15) is 0 Å². The Labute approximate surface area is 68.8 Å². The zero-order valence-corrected chi connectivity index (χ0v) is 7.63. The van der Waals surface area contributed by atoms with E-state index in [1.54, 1.807) is 0 Å². The van der Waals surface area contributed by atoms with Gasteiger partial charge in [0.05, 0.1) is 12.2 Å². The van der Waals surface area contributed by atoms with Crippen LogP contribution in [0.4, 0.5) is 0 Å². The Bertz CT molecular complexity index is 154. The second kappa shape index (κ2) is 3.26. The Morgan fingerprint density at radius 2 is 2.27 bits per heavy atom. The van der Waals surface area contributed by atoms with Gasteiger partial charge in [0.1, 0.15) is 0 Å². The van der Waals surface area contributed by atoms with E-state index in [0.29, 0.717) is 12.2 Å². The zero-order valence-electron chi connectivity index (χ0n) is 7.63. The molecule has 1 fully saturated rings. The molecule has 64 valence electrons. The van der Waals surface area contributed by atoms with Crippen molar-refractivity contribution in [3.8, 4) is 0 Å². The van der Waals surface area contributed by atoms with Crippen LogP contribution in [0.5, 0.6) is 0 Å². The molecule has 0 aromatic carbocycles. The lowest BCUT2D eigenvalue weighted by molar-refractivity contribution is 0.0155. The standard InChI is InChI=1S/C9H17NO/c1-7(2)11-9-5-8(3)10(4)6-9/h7,9H,3,5-6H2,1-2,4H3. The molecule has 11 heavy (non-hydrogen) atoms. The predicted molar refractivity (Wildman–Crippen MR) is 46.4 cm³/mol. The third kappa shape index (κ3) is 2.22. The molecule has 1 unspecified atom stereocenters. The van der Waals surface area contributed by atoms with E-state index in [1.165, 1.54) is 5.70 Å². The maximum absolute atomic E-state index is 5.65. The van der Waals surface area contributed by atoms with Gasteiger partial charge < -0.3 is 9.64 Å². The second-order valence-corrected chi connectivity index (χ2v) is 3.46. The molecule has 2 nitrogen and oxygen atoms in total. The first-order valence-electron chi connectivity index (χ1n) is 4.14. The van der Waals surface area contributed by atoms with Crippen LogP contribution in [0.3, 0.4) is 0 Å². The Balaban J connectivity index is 2.35. The fraction of sp³-hybridized carbons (Fsp3) is 0.778. The molecule has 0 radical (unpaired) electrons. The summed E-state index contributed by atoms with van der Waals surface area (Å²) >= 11 is 0. The number of likely N-dealkylation sites (N-methyl/N-ethyl adjacent to an activating group) is 1. The van der Waals surface area contributed by atoms with Crippen LogP contribution < -0.4 is 0 Å². The second-order valence-electron chi connectivity index (χ2n) is 3.46. The van der Waals surface area contributed by atoms with Gasteiger partial charge in [0.25, 0.3) is 0 Å². The fourth-order valence-electron chi connectivity index (χ4n) is 1.39. The molecule has 2 heteroatoms. The van der Waals surface area contributed by atoms with Gasteiger partial charge in [0, 0.05) is 25.7 Å². The third-order valence-electron chi connectivity index (χ3n) is 1.95. The van der Waals surface area contributed by atoms with E-state index in [-0.39, 0.29) is 0 Å². The lowest BCUT2D eigenvalue weighted by atomic mass is 10.3. The monoisotopic (exact) mass is 155 g/mol. The molecule has 1 heterocycles. The van der Waals surface area contributed by atoms with Gasteiger partial charge in [0.2, 0.25) is 0 Å². The predicted octanol–water partition coefficient (Wildman–Crippen LogP) is 1.63. The van der Waals surface area contributed by atoms with Gasteiger partial charge in [-0.25, -0.2) is 0 Å². The van der Waals surface area contributed by atoms with E-state index in [0.717, 1.165) is 13.0 Å². The number of ether oxygens (including phenoxy) is 1. The van der Waals surface area contributed by atoms with Gasteiger partial charge in [0.15, 0.2) is 0 Å². The van der Waals surface area contributed by atoms with Crippen LogP contribution >= 0.6 is 0 Å². The number of hydrogen-bond donors (Lipinski definition) is 0. The Morgan fingerprint density at radius 3 is 2.64 bits per heavy atom. The molecule has 1 aliphatic heterocycles. The van der Waals surface area contributed by atoms with Crippen LogP contribution in [0.2, 0.25) is 0 Å². The summed E-state index contributed by atoms with van der Waals surface area (Å²) < 4.78 is 5.65. The average Bonchev–Trinajstić information content (AvgIpc) is 2.10. The summed E-state index contributed by atoms with van der Waals surface area (Å²) in [6, 6.07) is 0. The van der Waals surface area contributed by atoms with Crippen molar-refractivity contribution in [1.29, 1.82) is 0 Å². The molecular formula is C9H17NO. The topological polar surface area (TPSA) is 12.5 Å². The van der Waals surface area contributed by atoms with Gasteiger partial charge >= 0.3 is 0 Å². The Kier molecular flexibility index (Phi) is 2.55. The van der Waals surface area contributed by atoms with Crippen LogP contribution in [-0.2, 0) is 4.74 Å². The smallest absolute Gasteiger partial charge is 0.0807 e. The first kappa shape index (κ1) is 8.60. The van der Waals surface area contributed by atoms with Crippen molar-refractivity contribution in [1.82, 2.24) is 4.90 Å². The van der Waals surface area contributed by atoms with E-state index >= 15 is 0 Å². The number of rotatable bonds is 2. The highest BCUT2D eigenvalue weighted by Crippen LogP contribution is 2.20. The van der Waals surface area contributed by atoms with Gasteiger partial charge in [-0.2, -0.15) is 0 Å². The molecule has 0 saturated carbocycles. The van der Waals surface area contributed by atoms with E-state index in [1.807, 2.05) is 0 Å². The lowest BCUT2D eigenvalue weighted by Crippen LogP contribution is -2.21. The molecule has 0 aromatic rings. The Hall–Kier alpha value is -0.500. The normalized spacial score (nSPS) is 25.3. The maximum atomic E-state index is 5.65. The Morgan fingerprint density at radius 1 is 1.64 bits per heavy atom. The molecule has 1 atom stereocenters. The van der Waals surface area contributed by atoms with Crippen LogP contribution in [0.1, 0.15) is 20.3 Å². The summed E-state index contributed by atoms with van der Waals surface area (Å²) in [7, 11) is 2.06. The van der Waals surface area contributed by atoms with Crippen molar-refractivity contribution >= 4 is 0 Å². The van der Waals surface area contributed by atoms with Crippen LogP contribution in [0.15, 0.2) is 12.3 Å². The fourth-order valence-corrected chi connectivity index (χ4v) is 1.39. The quantitative estimate of drug-likeness (QED) is 0.601. The summed E-state index contributed by atoms with van der Waals surface area (Å²) in [5, 5.41) is 0. The van der Waals surface area contributed by atoms with E-state index in [4.69, 9.17) is 4.74 Å². The molecule has 0 spiro atoms. The maximum Gasteiger partial charge on any atom is 0.0807 e. The van der Waals surface area contributed by atoms with Crippen molar-refractivity contribution in [3.05, 3.63) is 12.3 Å². The van der Waals surface area contributed by atoms with E-state index in [2.05, 4.69) is 32.4 Å². The molecular weight excluding hydrogens is 138 g/mol. The van der Waals surface area contributed by atoms with Gasteiger partial charge in [-0.15, -0.1) is 0 Å². The molecule has 0 aromatic heterocycles. The lowest BCUT2D eigenvalue weighted by Gasteiger charge is -2.14. The number of hydrogen-bond acceptors (Lipinski definition) is 2. The zero-order chi connectivity index (χ0) is 8.43. The largest absolute Gasteiger partial charge is 0.376 e. The third-order valence-corrected chi connectivity index (χ3v) is 1.95. The van der Waals surface area contributed by atoms with Crippen molar-refractivity contribution in [2.75, 3.05) is 13.6 Å². The van der Waals surface area contributed by atoms with Crippen molar-refractivity contribution in [3.63, 3.8) is 0 Å². The molecule has 0 N–H and O–H groups in total. The molecule has 0 bridgehead atoms. The summed E-state index contributed by atoms with van der Waals surface area (Å²) in [6.07, 6.45) is 1.70. The number of likely N-dealkylation sites (tertiary alicyclic amines) is 1. The molecule has 1 rings (SSSR count). The SMILES string of the molecule is C=C1CC(OC(C)C)CN1C. The van der Waals surface area contributed by atoms with Crippen molar-refractivity contribution in [2.24, 2.45) is 0 Å². The van der Waals surface area contributed by atoms with Crippen LogP contribution in [-0.4, -0.2) is 30.7 Å². The van der Waals surface area contributed by atoms with Gasteiger partial charge in [-0.1, -0.05) is 6.58 Å². The minimum atomic E-state index is 0.333. The highest BCUT2D eigenvalue weighted by molar-refractivity contribution is 5.02.